The summed E-state index contributed by atoms with van der Waals surface area (Å²) in [5, 5.41) is 13.0. The molecule has 245 valence electrons. The summed E-state index contributed by atoms with van der Waals surface area (Å²) in [7, 11) is 0. The minimum Gasteiger partial charge on any atom is 0 e. The van der Waals surface area contributed by atoms with Gasteiger partial charge in [0.05, 0.1) is 0 Å². The first-order valence-corrected chi connectivity index (χ1v) is 23.2. The Bertz CT molecular complexity index is 2070. The molecule has 0 atom stereocenters. The Balaban J connectivity index is 0.000000307. The van der Waals surface area contributed by atoms with Crippen molar-refractivity contribution in [2.24, 2.45) is 10.8 Å². The topological polar surface area (TPSA) is 63.3 Å². The van der Waals surface area contributed by atoms with Crippen LogP contribution in [0.2, 0.25) is 17.3 Å². The van der Waals surface area contributed by atoms with Gasteiger partial charge in [0.25, 0.3) is 0 Å². The first kappa shape index (κ1) is 36.3. The van der Waals surface area contributed by atoms with Crippen molar-refractivity contribution in [2.45, 2.75) is 58.8 Å². The van der Waals surface area contributed by atoms with Crippen LogP contribution in [0.3, 0.4) is 0 Å². The average Bonchev–Trinajstić information content (AvgIpc) is 3.38. The fourth-order valence-corrected chi connectivity index (χ4v) is 7.55. The molecule has 1 N–H and O–H groups in total. The zero-order valence-corrected chi connectivity index (χ0v) is 33.3. The summed E-state index contributed by atoms with van der Waals surface area (Å²) in [6.07, 6.45) is 1.33. The second kappa shape index (κ2) is 13.9. The molecule has 4 nitrogen and oxygen atoms in total. The van der Waals surface area contributed by atoms with Crippen molar-refractivity contribution in [2.75, 3.05) is 0 Å². The number of rotatable bonds is 4. The fraction of sp³-hybridized carbons (Fsp3) is 0.268. The smallest absolute Gasteiger partial charge is 0 e. The summed E-state index contributed by atoms with van der Waals surface area (Å²) in [5.41, 5.74) is 6.15. The largest absolute Gasteiger partial charge is 0 e. The van der Waals surface area contributed by atoms with E-state index in [0.717, 1.165) is 38.7 Å². The minimum absolute atomic E-state index is 0. The fourth-order valence-electron chi connectivity index (χ4n) is 5.11. The van der Waals surface area contributed by atoms with E-state index in [1.807, 2.05) is 65.8 Å². The number of furan rings is 1. The third-order valence-corrected chi connectivity index (χ3v) is 12.4. The molecule has 0 aliphatic rings. The number of ketones is 1. The maximum Gasteiger partial charge on any atom is 0 e. The molecule has 0 bridgehead atoms. The predicted octanol–water partition coefficient (Wildman–Crippen LogP) is 10.9. The average molecular weight is 864 g/mol. The van der Waals surface area contributed by atoms with Gasteiger partial charge in [-0.1, -0.05) is 41.5 Å². The molecule has 0 fully saturated rings. The first-order valence-electron chi connectivity index (χ1n) is 15.8. The normalized spacial score (nSPS) is 12.5. The molecule has 1 radical (unpaired) electrons. The summed E-state index contributed by atoms with van der Waals surface area (Å²) >= 11 is -1.99. The van der Waals surface area contributed by atoms with E-state index in [1.54, 1.807) is 0 Å². The van der Waals surface area contributed by atoms with Crippen molar-refractivity contribution in [1.82, 2.24) is 4.98 Å². The van der Waals surface area contributed by atoms with Crippen LogP contribution in [0.4, 0.5) is 0 Å². The number of nitrogens with zero attached hydrogens (tertiary/aromatic N) is 1. The van der Waals surface area contributed by atoms with Gasteiger partial charge in [-0.25, -0.2) is 0 Å². The van der Waals surface area contributed by atoms with Crippen LogP contribution < -0.4 is 4.40 Å². The number of hydrogen-bond donors (Lipinski definition) is 1. The number of aliphatic hydroxyl groups is 1. The first-order chi connectivity index (χ1) is 21.5. The number of carbonyl (C=O) groups is 1. The van der Waals surface area contributed by atoms with E-state index in [9.17, 15) is 9.90 Å². The number of pyridine rings is 1. The van der Waals surface area contributed by atoms with Gasteiger partial charge in [-0.2, -0.15) is 0 Å². The van der Waals surface area contributed by atoms with Crippen LogP contribution in [0, 0.1) is 16.9 Å². The molecule has 0 spiro atoms. The molecule has 0 aliphatic heterocycles. The van der Waals surface area contributed by atoms with Gasteiger partial charge in [-0.3, -0.25) is 4.79 Å². The summed E-state index contributed by atoms with van der Waals surface area (Å²) in [4.78, 5) is 16.6. The van der Waals surface area contributed by atoms with Gasteiger partial charge in [-0.15, -0.1) is 0 Å². The Morgan fingerprint density at radius 2 is 1.47 bits per heavy atom. The van der Waals surface area contributed by atoms with Gasteiger partial charge in [0.15, 0.2) is 5.78 Å². The third-order valence-electron chi connectivity index (χ3n) is 8.13. The molecule has 0 aliphatic carbocycles. The van der Waals surface area contributed by atoms with Gasteiger partial charge in [0.2, 0.25) is 0 Å². The Morgan fingerprint density at radius 3 is 2.11 bits per heavy atom. The molecule has 0 amide bonds. The molecule has 2 aromatic heterocycles. The van der Waals surface area contributed by atoms with Gasteiger partial charge in [0, 0.05) is 37.0 Å². The van der Waals surface area contributed by atoms with E-state index in [0.29, 0.717) is 0 Å². The van der Waals surface area contributed by atoms with E-state index in [-0.39, 0.29) is 37.1 Å². The van der Waals surface area contributed by atoms with Gasteiger partial charge >= 0.3 is 197 Å². The molecule has 6 aromatic rings. The van der Waals surface area contributed by atoms with Gasteiger partial charge in [-0.05, 0) is 0 Å². The number of aromatic nitrogens is 1. The Kier molecular flexibility index (Phi) is 10.8. The van der Waals surface area contributed by atoms with Crippen LogP contribution >= 0.6 is 0 Å². The number of benzene rings is 4. The maximum atomic E-state index is 11.5. The zero-order valence-electron chi connectivity index (χ0n) is 28.8. The summed E-state index contributed by atoms with van der Waals surface area (Å²) in [5.74, 6) is 7.40. The quantitative estimate of drug-likeness (QED) is 0.0830. The van der Waals surface area contributed by atoms with E-state index >= 15 is 0 Å². The molecule has 2 heterocycles. The molecular weight excluding hydrogens is 819 g/mol. The van der Waals surface area contributed by atoms with Crippen molar-refractivity contribution in [1.29, 1.82) is 0 Å². The monoisotopic (exact) mass is 865 g/mol. The standard InChI is InChI=1S/C30H24GeNO.C11H20O2.Ir/c1-31(2,3)21-16-17-27-26(18-21)25(20-10-5-4-6-11-20)19-28(32-27)24-14-9-13-23-22-12-7-8-15-29(22)33-30(23)24;1-10(2,3)8(12)7-9(13)11(4,5)6;/h4-13,15-19H,1-3H3;7,12H,1-6H3;/q-1;;/b;8-7-;. The maximum absolute atomic E-state index is 11.5. The summed E-state index contributed by atoms with van der Waals surface area (Å²) in [6.45, 7) is 11.1. The summed E-state index contributed by atoms with van der Waals surface area (Å²) < 4.78 is 7.78. The van der Waals surface area contributed by atoms with Gasteiger partial charge < -0.3 is 5.11 Å². The number of allylic oxidation sites excluding steroid dienone is 2. The Hall–Kier alpha value is -3.51. The SMILES string of the molecule is CC(C)(C)C(=O)/C=C(\O)C(C)(C)C.[CH3][Ge]([CH3])([CH3])[c]1ccc2nc(-c3[c-]ccc4c3oc3ccccc34)cc(-c3ccccc3)c2c1.[Ir]. The Morgan fingerprint density at radius 1 is 0.809 bits per heavy atom. The molecule has 47 heavy (non-hydrogen) atoms. The molecule has 0 saturated carbocycles. The molecule has 0 saturated heterocycles. The number of hydrogen-bond acceptors (Lipinski definition) is 4. The second-order valence-corrected chi connectivity index (χ2v) is 25.6. The van der Waals surface area contributed by atoms with Crippen molar-refractivity contribution >= 4 is 56.3 Å². The van der Waals surface area contributed by atoms with Crippen LogP contribution in [0.5, 0.6) is 0 Å². The van der Waals surface area contributed by atoms with Crippen molar-refractivity contribution < 1.29 is 34.4 Å². The minimum atomic E-state index is -1.99. The van der Waals surface area contributed by atoms with E-state index in [4.69, 9.17) is 9.40 Å². The van der Waals surface area contributed by atoms with Crippen molar-refractivity contribution in [3.05, 3.63) is 109 Å². The summed E-state index contributed by atoms with van der Waals surface area (Å²) in [6, 6.07) is 35.3. The number of aliphatic hydroxyl groups excluding tert-OH is 1. The number of para-hydroxylation sites is 1. The molecular formula is C41H44GeIrNO3-. The molecule has 6 rings (SSSR count). The number of fused-ring (bicyclic) bond motifs is 4. The van der Waals surface area contributed by atoms with Crippen molar-refractivity contribution in [3.8, 4) is 22.4 Å². The van der Waals surface area contributed by atoms with Crippen LogP contribution in [-0.2, 0) is 24.9 Å². The molecule has 4 aromatic carbocycles. The third kappa shape index (κ3) is 8.14. The van der Waals surface area contributed by atoms with E-state index in [2.05, 4.69) is 90.1 Å². The van der Waals surface area contributed by atoms with E-state index in [1.165, 1.54) is 27.0 Å². The zero-order chi connectivity index (χ0) is 33.4. The Labute approximate surface area is 295 Å². The van der Waals surface area contributed by atoms with Crippen LogP contribution in [0.25, 0.3) is 55.2 Å². The van der Waals surface area contributed by atoms with Crippen LogP contribution in [0.15, 0.2) is 107 Å². The predicted molar refractivity (Wildman–Crippen MR) is 196 cm³/mol. The molecule has 0 unspecified atom stereocenters. The molecule has 6 heteroatoms. The van der Waals surface area contributed by atoms with Crippen LogP contribution in [0.1, 0.15) is 41.5 Å². The van der Waals surface area contributed by atoms with Crippen molar-refractivity contribution in [3.63, 3.8) is 0 Å². The van der Waals surface area contributed by atoms with Crippen LogP contribution in [-0.4, -0.2) is 29.1 Å². The second-order valence-electron chi connectivity index (χ2n) is 15.0. The number of carbonyl (C=O) groups excluding carboxylic acids is 1. The van der Waals surface area contributed by atoms with E-state index < -0.39 is 18.7 Å². The van der Waals surface area contributed by atoms with Gasteiger partial charge in [0.1, 0.15) is 5.76 Å².